The first-order valence-corrected chi connectivity index (χ1v) is 5.60. The maximum atomic E-state index is 13.2. The lowest BCUT2D eigenvalue weighted by Crippen LogP contribution is -2.20. The Balaban J connectivity index is 2.18. The molecule has 1 heterocycles. The lowest BCUT2D eigenvalue weighted by molar-refractivity contribution is 0.0433. The SMILES string of the molecule is CC1CCC(C(=O)c2ccc(Cl)c(F)c2)O1. The zero-order chi connectivity index (χ0) is 11.7. The van der Waals surface area contributed by atoms with Crippen LogP contribution in [0.25, 0.3) is 0 Å². The van der Waals surface area contributed by atoms with Gasteiger partial charge in [0.05, 0.1) is 11.1 Å². The zero-order valence-corrected chi connectivity index (χ0v) is 9.63. The fourth-order valence-corrected chi connectivity index (χ4v) is 1.95. The third-order valence-corrected chi connectivity index (χ3v) is 3.04. The smallest absolute Gasteiger partial charge is 0.191 e. The van der Waals surface area contributed by atoms with E-state index in [4.69, 9.17) is 16.3 Å². The van der Waals surface area contributed by atoms with Gasteiger partial charge in [0.1, 0.15) is 11.9 Å². The van der Waals surface area contributed by atoms with E-state index in [1.54, 1.807) is 0 Å². The lowest BCUT2D eigenvalue weighted by Gasteiger charge is -2.10. The van der Waals surface area contributed by atoms with Gasteiger partial charge in [-0.25, -0.2) is 4.39 Å². The number of carbonyl (C=O) groups excluding carboxylic acids is 1. The largest absolute Gasteiger partial charge is 0.367 e. The molecule has 1 aromatic rings. The molecule has 1 fully saturated rings. The molecule has 1 aromatic carbocycles. The molecule has 0 aliphatic carbocycles. The van der Waals surface area contributed by atoms with E-state index in [1.807, 2.05) is 6.92 Å². The second kappa shape index (κ2) is 4.52. The van der Waals surface area contributed by atoms with Gasteiger partial charge in [0, 0.05) is 5.56 Å². The molecule has 1 aliphatic heterocycles. The van der Waals surface area contributed by atoms with Crippen LogP contribution in [0.15, 0.2) is 18.2 Å². The number of Topliss-reactive ketones (excluding diaryl/α,β-unsaturated/α-hetero) is 1. The van der Waals surface area contributed by atoms with Gasteiger partial charge >= 0.3 is 0 Å². The highest BCUT2D eigenvalue weighted by Gasteiger charge is 2.29. The summed E-state index contributed by atoms with van der Waals surface area (Å²) in [6.45, 7) is 1.93. The predicted molar refractivity (Wildman–Crippen MR) is 59.3 cm³/mol. The minimum atomic E-state index is -0.571. The monoisotopic (exact) mass is 242 g/mol. The molecule has 1 aliphatic rings. The molecule has 2 unspecified atom stereocenters. The Morgan fingerprint density at radius 2 is 2.25 bits per heavy atom. The molecule has 0 N–H and O–H groups in total. The van der Waals surface area contributed by atoms with Gasteiger partial charge in [0.15, 0.2) is 5.78 Å². The van der Waals surface area contributed by atoms with E-state index >= 15 is 0 Å². The second-order valence-corrected chi connectivity index (χ2v) is 4.41. The van der Waals surface area contributed by atoms with Crippen LogP contribution in [0.1, 0.15) is 30.1 Å². The molecule has 0 bridgehead atoms. The molecule has 0 aromatic heterocycles. The number of ether oxygens (including phenoxy) is 1. The highest BCUT2D eigenvalue weighted by atomic mass is 35.5. The van der Waals surface area contributed by atoms with Crippen molar-refractivity contribution in [3.63, 3.8) is 0 Å². The minimum absolute atomic E-state index is 0.0252. The van der Waals surface area contributed by atoms with Crippen LogP contribution in [-0.2, 0) is 4.74 Å². The second-order valence-electron chi connectivity index (χ2n) is 4.01. The van der Waals surface area contributed by atoms with E-state index < -0.39 is 11.9 Å². The third-order valence-electron chi connectivity index (χ3n) is 2.73. The molecule has 0 amide bonds. The molecule has 4 heteroatoms. The maximum absolute atomic E-state index is 13.2. The van der Waals surface area contributed by atoms with E-state index in [-0.39, 0.29) is 16.9 Å². The fourth-order valence-electron chi connectivity index (χ4n) is 1.83. The predicted octanol–water partition coefficient (Wildman–Crippen LogP) is 3.23. The summed E-state index contributed by atoms with van der Waals surface area (Å²) in [6, 6.07) is 4.08. The quantitative estimate of drug-likeness (QED) is 0.745. The molecule has 1 saturated heterocycles. The maximum Gasteiger partial charge on any atom is 0.191 e. The summed E-state index contributed by atoms with van der Waals surface area (Å²) in [6.07, 6.45) is 1.23. The van der Waals surface area contributed by atoms with Crippen molar-refractivity contribution in [2.75, 3.05) is 0 Å². The highest BCUT2D eigenvalue weighted by molar-refractivity contribution is 6.30. The Morgan fingerprint density at radius 3 is 2.81 bits per heavy atom. The van der Waals surface area contributed by atoms with Gasteiger partial charge in [0.25, 0.3) is 0 Å². The van der Waals surface area contributed by atoms with E-state index in [0.717, 1.165) is 12.5 Å². The van der Waals surface area contributed by atoms with Gasteiger partial charge in [-0.15, -0.1) is 0 Å². The van der Waals surface area contributed by atoms with Crippen molar-refractivity contribution >= 4 is 17.4 Å². The van der Waals surface area contributed by atoms with Gasteiger partial charge in [-0.05, 0) is 38.0 Å². The molecule has 0 spiro atoms. The van der Waals surface area contributed by atoms with Gasteiger partial charge < -0.3 is 4.74 Å². The Hall–Kier alpha value is -0.930. The average Bonchev–Trinajstić information content (AvgIpc) is 2.68. The standard InChI is InChI=1S/C12H12ClFO2/c1-7-2-5-11(16-7)12(15)8-3-4-9(13)10(14)6-8/h3-4,6-7,11H,2,5H2,1H3. The van der Waals surface area contributed by atoms with E-state index in [2.05, 4.69) is 0 Å². The number of carbonyl (C=O) groups is 1. The van der Waals surface area contributed by atoms with Crippen molar-refractivity contribution in [3.8, 4) is 0 Å². The zero-order valence-electron chi connectivity index (χ0n) is 8.87. The van der Waals surface area contributed by atoms with Crippen LogP contribution in [-0.4, -0.2) is 18.0 Å². The van der Waals surface area contributed by atoms with Crippen molar-refractivity contribution < 1.29 is 13.9 Å². The van der Waals surface area contributed by atoms with Crippen LogP contribution in [0.5, 0.6) is 0 Å². The summed E-state index contributed by atoms with van der Waals surface area (Å²) >= 11 is 5.55. The fraction of sp³-hybridized carbons (Fsp3) is 0.417. The van der Waals surface area contributed by atoms with Crippen LogP contribution < -0.4 is 0 Å². The van der Waals surface area contributed by atoms with Crippen molar-refractivity contribution in [1.82, 2.24) is 0 Å². The summed E-state index contributed by atoms with van der Waals surface area (Å²) in [5.41, 5.74) is 0.320. The number of hydrogen-bond acceptors (Lipinski definition) is 2. The Morgan fingerprint density at radius 1 is 1.50 bits per heavy atom. The van der Waals surface area contributed by atoms with Crippen LogP contribution in [0, 0.1) is 5.82 Å². The van der Waals surface area contributed by atoms with E-state index in [1.165, 1.54) is 12.1 Å². The Bertz CT molecular complexity index is 419. The van der Waals surface area contributed by atoms with Gasteiger partial charge in [-0.1, -0.05) is 11.6 Å². The Labute approximate surface area is 98.4 Å². The van der Waals surface area contributed by atoms with Crippen molar-refractivity contribution in [3.05, 3.63) is 34.6 Å². The van der Waals surface area contributed by atoms with Crippen LogP contribution >= 0.6 is 11.6 Å². The number of rotatable bonds is 2. The summed E-state index contributed by atoms with van der Waals surface area (Å²) in [5.74, 6) is -0.738. The molecule has 0 radical (unpaired) electrons. The van der Waals surface area contributed by atoms with Crippen molar-refractivity contribution in [1.29, 1.82) is 0 Å². The summed E-state index contributed by atoms with van der Waals surface area (Å²) in [7, 11) is 0. The highest BCUT2D eigenvalue weighted by Crippen LogP contribution is 2.24. The number of hydrogen-bond donors (Lipinski definition) is 0. The molecule has 2 nitrogen and oxygen atoms in total. The molecule has 2 rings (SSSR count). The van der Waals surface area contributed by atoms with Crippen LogP contribution in [0.4, 0.5) is 4.39 Å². The van der Waals surface area contributed by atoms with Gasteiger partial charge in [-0.2, -0.15) is 0 Å². The van der Waals surface area contributed by atoms with Crippen LogP contribution in [0.3, 0.4) is 0 Å². The third kappa shape index (κ3) is 2.25. The first-order valence-electron chi connectivity index (χ1n) is 5.22. The summed E-state index contributed by atoms with van der Waals surface area (Å²) in [4.78, 5) is 11.9. The number of halogens is 2. The number of ketones is 1. The van der Waals surface area contributed by atoms with E-state index in [0.29, 0.717) is 12.0 Å². The molecule has 0 saturated carbocycles. The van der Waals surface area contributed by atoms with Crippen molar-refractivity contribution in [2.45, 2.75) is 32.0 Å². The summed E-state index contributed by atoms with van der Waals surface area (Å²) < 4.78 is 18.6. The minimum Gasteiger partial charge on any atom is -0.367 e. The van der Waals surface area contributed by atoms with Crippen LogP contribution in [0.2, 0.25) is 5.02 Å². The first kappa shape index (κ1) is 11.6. The molecular weight excluding hydrogens is 231 g/mol. The molecular formula is C12H12ClFO2. The average molecular weight is 243 g/mol. The summed E-state index contributed by atoms with van der Waals surface area (Å²) in [5, 5.41) is 0.0252. The molecule has 86 valence electrons. The molecule has 16 heavy (non-hydrogen) atoms. The number of benzene rings is 1. The lowest BCUT2D eigenvalue weighted by atomic mass is 10.0. The van der Waals surface area contributed by atoms with Crippen molar-refractivity contribution in [2.24, 2.45) is 0 Å². The topological polar surface area (TPSA) is 26.3 Å². The normalized spacial score (nSPS) is 24.7. The van der Waals surface area contributed by atoms with Gasteiger partial charge in [-0.3, -0.25) is 4.79 Å². The van der Waals surface area contributed by atoms with Gasteiger partial charge in [0.2, 0.25) is 0 Å². The Kier molecular flexibility index (Phi) is 3.26. The molecule has 2 atom stereocenters. The first-order chi connectivity index (χ1) is 7.58. The van der Waals surface area contributed by atoms with E-state index in [9.17, 15) is 9.18 Å².